The molecule has 0 atom stereocenters. The maximum absolute atomic E-state index is 3.82. The van der Waals surface area contributed by atoms with Crippen molar-refractivity contribution in [2.45, 2.75) is 6.92 Å². The lowest BCUT2D eigenvalue weighted by molar-refractivity contribution is 1.40. The molecule has 0 heterocycles. The highest BCUT2D eigenvalue weighted by Crippen LogP contribution is 2.19. The fourth-order valence-electron chi connectivity index (χ4n) is 1.51. The van der Waals surface area contributed by atoms with Crippen LogP contribution in [0.5, 0.6) is 0 Å². The van der Waals surface area contributed by atoms with Crippen LogP contribution in [0.15, 0.2) is 54.7 Å². The lowest BCUT2D eigenvalue weighted by Crippen LogP contribution is -1.92. The molecule has 1 heteroatoms. The van der Waals surface area contributed by atoms with Crippen molar-refractivity contribution in [2.24, 2.45) is 0 Å². The summed E-state index contributed by atoms with van der Waals surface area (Å²) in [5, 5.41) is 5.71. The molecule has 0 aliphatic carbocycles. The summed E-state index contributed by atoms with van der Waals surface area (Å²) in [6.07, 6.45) is 0. The van der Waals surface area contributed by atoms with Gasteiger partial charge in [0.15, 0.2) is 0 Å². The number of hydrogen-bond acceptors (Lipinski definition) is 1. The molecule has 0 spiro atoms. The summed E-state index contributed by atoms with van der Waals surface area (Å²) in [7, 11) is 0. The number of fused-ring (bicyclic) bond motifs is 1. The predicted octanol–water partition coefficient (Wildman–Crippen LogP) is 3.79. The van der Waals surface area contributed by atoms with Gasteiger partial charge in [-0.05, 0) is 29.8 Å². The molecule has 0 amide bonds. The number of allylic oxidation sites excluding steroid dienone is 1. The minimum atomic E-state index is 0.959. The summed E-state index contributed by atoms with van der Waals surface area (Å²) >= 11 is 0. The number of hydrogen-bond donors (Lipinski definition) is 1. The molecule has 0 fully saturated rings. The monoisotopic (exact) mass is 183 g/mol. The zero-order valence-corrected chi connectivity index (χ0v) is 8.25. The van der Waals surface area contributed by atoms with Crippen molar-refractivity contribution in [1.82, 2.24) is 0 Å². The minimum Gasteiger partial charge on any atom is -0.360 e. The molecule has 0 aliphatic rings. The number of rotatable bonds is 2. The molecule has 2 aromatic carbocycles. The molecule has 2 aromatic rings. The second kappa shape index (κ2) is 3.54. The van der Waals surface area contributed by atoms with E-state index in [1.807, 2.05) is 19.1 Å². The van der Waals surface area contributed by atoms with E-state index in [2.05, 4.69) is 42.2 Å². The number of benzene rings is 2. The van der Waals surface area contributed by atoms with Crippen LogP contribution in [0.2, 0.25) is 0 Å². The van der Waals surface area contributed by atoms with Crippen LogP contribution in [0.25, 0.3) is 10.8 Å². The first-order valence-electron chi connectivity index (χ1n) is 4.67. The first-order chi connectivity index (χ1) is 6.75. The van der Waals surface area contributed by atoms with E-state index >= 15 is 0 Å². The highest BCUT2D eigenvalue weighted by atomic mass is 14.9. The fourth-order valence-corrected chi connectivity index (χ4v) is 1.51. The van der Waals surface area contributed by atoms with Crippen LogP contribution in [0.1, 0.15) is 6.92 Å². The van der Waals surface area contributed by atoms with Gasteiger partial charge in [0, 0.05) is 11.4 Å². The van der Waals surface area contributed by atoms with Crippen molar-refractivity contribution < 1.29 is 0 Å². The van der Waals surface area contributed by atoms with Gasteiger partial charge in [0.2, 0.25) is 0 Å². The standard InChI is InChI=1S/C13H13N/c1-10(2)14-13-8-7-11-5-3-4-6-12(11)9-13/h3-9,14H,1H2,2H3. The fraction of sp³-hybridized carbons (Fsp3) is 0.0769. The van der Waals surface area contributed by atoms with Crippen LogP contribution in [0.4, 0.5) is 5.69 Å². The van der Waals surface area contributed by atoms with Crippen LogP contribution in [-0.4, -0.2) is 0 Å². The Bertz CT molecular complexity index is 471. The Morgan fingerprint density at radius 1 is 1.07 bits per heavy atom. The van der Waals surface area contributed by atoms with Crippen LogP contribution >= 0.6 is 0 Å². The SMILES string of the molecule is C=C(C)Nc1ccc2ccccc2c1. The van der Waals surface area contributed by atoms with Crippen LogP contribution in [-0.2, 0) is 0 Å². The van der Waals surface area contributed by atoms with Crippen LogP contribution in [0.3, 0.4) is 0 Å². The van der Waals surface area contributed by atoms with Crippen molar-refractivity contribution >= 4 is 16.5 Å². The van der Waals surface area contributed by atoms with E-state index in [1.54, 1.807) is 0 Å². The first kappa shape index (κ1) is 8.82. The highest BCUT2D eigenvalue weighted by molar-refractivity contribution is 5.85. The average molecular weight is 183 g/mol. The van der Waals surface area contributed by atoms with Gasteiger partial charge in [-0.1, -0.05) is 36.9 Å². The van der Waals surface area contributed by atoms with Crippen molar-refractivity contribution in [2.75, 3.05) is 5.32 Å². The lowest BCUT2D eigenvalue weighted by atomic mass is 10.1. The summed E-state index contributed by atoms with van der Waals surface area (Å²) < 4.78 is 0. The van der Waals surface area contributed by atoms with E-state index in [9.17, 15) is 0 Å². The largest absolute Gasteiger partial charge is 0.360 e. The Labute approximate surface area is 84.1 Å². The number of anilines is 1. The first-order valence-corrected chi connectivity index (χ1v) is 4.67. The van der Waals surface area contributed by atoms with Gasteiger partial charge in [-0.2, -0.15) is 0 Å². The third kappa shape index (κ3) is 1.77. The third-order valence-electron chi connectivity index (χ3n) is 2.11. The second-order valence-electron chi connectivity index (χ2n) is 3.47. The minimum absolute atomic E-state index is 0.959. The summed E-state index contributed by atoms with van der Waals surface area (Å²) in [4.78, 5) is 0. The van der Waals surface area contributed by atoms with E-state index in [0.717, 1.165) is 11.4 Å². The molecular formula is C13H13N. The molecular weight excluding hydrogens is 170 g/mol. The average Bonchev–Trinajstić information content (AvgIpc) is 2.17. The third-order valence-corrected chi connectivity index (χ3v) is 2.11. The lowest BCUT2D eigenvalue weighted by Gasteiger charge is -2.06. The molecule has 0 saturated carbocycles. The Morgan fingerprint density at radius 2 is 1.79 bits per heavy atom. The Hall–Kier alpha value is -1.76. The van der Waals surface area contributed by atoms with Gasteiger partial charge in [0.1, 0.15) is 0 Å². The van der Waals surface area contributed by atoms with Gasteiger partial charge in [-0.15, -0.1) is 0 Å². The maximum atomic E-state index is 3.82. The van der Waals surface area contributed by atoms with E-state index in [1.165, 1.54) is 10.8 Å². The Morgan fingerprint density at radius 3 is 2.50 bits per heavy atom. The molecule has 1 nitrogen and oxygen atoms in total. The zero-order valence-electron chi connectivity index (χ0n) is 8.25. The van der Waals surface area contributed by atoms with Gasteiger partial charge in [-0.3, -0.25) is 0 Å². The van der Waals surface area contributed by atoms with Crippen LogP contribution in [0, 0.1) is 0 Å². The Balaban J connectivity index is 2.46. The predicted molar refractivity (Wildman–Crippen MR) is 62.4 cm³/mol. The molecule has 14 heavy (non-hydrogen) atoms. The summed E-state index contributed by atoms with van der Waals surface area (Å²) in [5.74, 6) is 0. The van der Waals surface area contributed by atoms with Gasteiger partial charge in [0.25, 0.3) is 0 Å². The molecule has 0 bridgehead atoms. The van der Waals surface area contributed by atoms with E-state index in [0.29, 0.717) is 0 Å². The van der Waals surface area contributed by atoms with E-state index in [4.69, 9.17) is 0 Å². The van der Waals surface area contributed by atoms with Gasteiger partial charge in [0.05, 0.1) is 0 Å². The molecule has 0 saturated heterocycles. The van der Waals surface area contributed by atoms with Crippen LogP contribution < -0.4 is 5.32 Å². The van der Waals surface area contributed by atoms with E-state index in [-0.39, 0.29) is 0 Å². The molecule has 0 aromatic heterocycles. The second-order valence-corrected chi connectivity index (χ2v) is 3.47. The summed E-state index contributed by atoms with van der Waals surface area (Å²) in [6.45, 7) is 5.77. The molecule has 2 rings (SSSR count). The molecule has 70 valence electrons. The normalized spacial score (nSPS) is 10.1. The molecule has 1 N–H and O–H groups in total. The smallest absolute Gasteiger partial charge is 0.0387 e. The van der Waals surface area contributed by atoms with Crippen molar-refractivity contribution in [3.63, 3.8) is 0 Å². The highest BCUT2D eigenvalue weighted by Gasteiger charge is 1.94. The van der Waals surface area contributed by atoms with Gasteiger partial charge >= 0.3 is 0 Å². The topological polar surface area (TPSA) is 12.0 Å². The molecule has 0 unspecified atom stereocenters. The van der Waals surface area contributed by atoms with Crippen molar-refractivity contribution in [3.8, 4) is 0 Å². The Kier molecular flexibility index (Phi) is 2.23. The summed E-state index contributed by atoms with van der Waals surface area (Å²) in [5.41, 5.74) is 2.05. The quantitative estimate of drug-likeness (QED) is 0.747. The number of nitrogens with one attached hydrogen (secondary N) is 1. The van der Waals surface area contributed by atoms with Gasteiger partial charge < -0.3 is 5.32 Å². The maximum Gasteiger partial charge on any atom is 0.0387 e. The zero-order chi connectivity index (χ0) is 9.97. The molecule has 0 radical (unpaired) electrons. The summed E-state index contributed by atoms with van der Waals surface area (Å²) in [6, 6.07) is 14.6. The van der Waals surface area contributed by atoms with Crippen molar-refractivity contribution in [3.05, 3.63) is 54.7 Å². The van der Waals surface area contributed by atoms with Crippen molar-refractivity contribution in [1.29, 1.82) is 0 Å². The molecule has 0 aliphatic heterocycles. The van der Waals surface area contributed by atoms with Gasteiger partial charge in [-0.25, -0.2) is 0 Å². The van der Waals surface area contributed by atoms with E-state index < -0.39 is 0 Å².